The highest BCUT2D eigenvalue weighted by atomic mass is 35.5. The van der Waals surface area contributed by atoms with Gasteiger partial charge in [-0.3, -0.25) is 19.7 Å². The van der Waals surface area contributed by atoms with E-state index < -0.39 is 22.0 Å². The topological polar surface area (TPSA) is 98.5 Å². The first-order valence-corrected chi connectivity index (χ1v) is 8.14. The highest BCUT2D eigenvalue weighted by molar-refractivity contribution is 6.41. The lowest BCUT2D eigenvalue weighted by Gasteiger charge is -2.33. The molecule has 1 amide bonds. The lowest BCUT2D eigenvalue weighted by atomic mass is 9.72. The number of hydrogen-bond acceptors (Lipinski definition) is 5. The lowest BCUT2D eigenvalue weighted by Crippen LogP contribution is -2.48. The fraction of sp³-hybridized carbons (Fsp3) is 0.176. The quantitative estimate of drug-likeness (QED) is 0.481. The molecule has 1 unspecified atom stereocenters. The van der Waals surface area contributed by atoms with E-state index in [2.05, 4.69) is 5.32 Å². The Hall–Kier alpha value is -2.64. The van der Waals surface area contributed by atoms with Crippen molar-refractivity contribution in [2.45, 2.75) is 12.3 Å². The molecular weight excluding hydrogens is 383 g/mol. The van der Waals surface area contributed by atoms with Gasteiger partial charge in [0.25, 0.3) is 0 Å². The summed E-state index contributed by atoms with van der Waals surface area (Å²) in [6.07, 6.45) is 0. The van der Waals surface area contributed by atoms with Crippen molar-refractivity contribution in [3.05, 3.63) is 61.6 Å². The molecule has 1 aliphatic rings. The Morgan fingerprint density at radius 1 is 1.19 bits per heavy atom. The molecule has 9 heteroatoms. The maximum Gasteiger partial charge on any atom is 0.311 e. The zero-order valence-corrected chi connectivity index (χ0v) is 15.1. The summed E-state index contributed by atoms with van der Waals surface area (Å²) in [5, 5.41) is 14.2. The molecule has 26 heavy (non-hydrogen) atoms. The molecule has 0 bridgehead atoms. The molecule has 0 saturated heterocycles. The van der Waals surface area contributed by atoms with Gasteiger partial charge >= 0.3 is 5.69 Å². The zero-order chi connectivity index (χ0) is 19.2. The number of fused-ring (bicyclic) bond motifs is 1. The molecule has 7 nitrogen and oxygen atoms in total. The number of anilines is 1. The Bertz CT molecular complexity index is 976. The Balaban J connectivity index is 2.21. The first kappa shape index (κ1) is 18.2. The van der Waals surface area contributed by atoms with Crippen molar-refractivity contribution < 1.29 is 19.2 Å². The third-order valence-electron chi connectivity index (χ3n) is 4.39. The van der Waals surface area contributed by atoms with Crippen molar-refractivity contribution in [1.82, 2.24) is 0 Å². The third-order valence-corrected chi connectivity index (χ3v) is 4.91. The van der Waals surface area contributed by atoms with Crippen LogP contribution in [0.3, 0.4) is 0 Å². The smallest absolute Gasteiger partial charge is 0.311 e. The minimum absolute atomic E-state index is 0.0243. The molecule has 2 aromatic rings. The molecule has 1 N–H and O–H groups in total. The number of amides is 1. The van der Waals surface area contributed by atoms with Crippen molar-refractivity contribution in [1.29, 1.82) is 0 Å². The maximum atomic E-state index is 13.1. The number of carbonyl (C=O) groups is 2. The summed E-state index contributed by atoms with van der Waals surface area (Å²) in [5.74, 6) is -1.18. The fourth-order valence-electron chi connectivity index (χ4n) is 2.91. The summed E-state index contributed by atoms with van der Waals surface area (Å²) < 4.78 is 4.96. The molecule has 0 saturated carbocycles. The van der Waals surface area contributed by atoms with Crippen LogP contribution in [0.2, 0.25) is 10.0 Å². The van der Waals surface area contributed by atoms with Gasteiger partial charge in [-0.1, -0.05) is 29.3 Å². The number of carbonyl (C=O) groups excluding carboxylic acids is 2. The molecule has 0 fully saturated rings. The molecule has 0 radical (unpaired) electrons. The van der Waals surface area contributed by atoms with E-state index in [1.165, 1.54) is 38.3 Å². The molecule has 1 aliphatic heterocycles. The Morgan fingerprint density at radius 2 is 1.88 bits per heavy atom. The van der Waals surface area contributed by atoms with E-state index in [0.717, 1.165) is 6.07 Å². The minimum atomic E-state index is -1.69. The average molecular weight is 395 g/mol. The monoisotopic (exact) mass is 394 g/mol. The van der Waals surface area contributed by atoms with Gasteiger partial charge in [-0.15, -0.1) is 0 Å². The summed E-state index contributed by atoms with van der Waals surface area (Å²) in [6.45, 7) is 1.39. The first-order valence-electron chi connectivity index (χ1n) is 7.38. The number of nitro groups is 1. The normalized spacial score (nSPS) is 18.9. The standard InChI is InChI=1S/C17H12Cl2N2O5/c1-17(8-3-4-13(26-2)12(5-8)21(24)25)15(22)14-10(19)6-9(18)7-11(14)20-16(17)23/h3-7H,1-2H3,(H,20,23). The van der Waals surface area contributed by atoms with Crippen LogP contribution in [0.1, 0.15) is 22.8 Å². The van der Waals surface area contributed by atoms with Gasteiger partial charge in [-0.05, 0) is 30.7 Å². The lowest BCUT2D eigenvalue weighted by molar-refractivity contribution is -0.385. The Labute approximate surface area is 158 Å². The van der Waals surface area contributed by atoms with Crippen molar-refractivity contribution in [3.8, 4) is 5.75 Å². The van der Waals surface area contributed by atoms with Gasteiger partial charge in [0.1, 0.15) is 5.41 Å². The molecule has 134 valence electrons. The van der Waals surface area contributed by atoms with Crippen molar-refractivity contribution >= 4 is 46.3 Å². The van der Waals surface area contributed by atoms with E-state index in [1.54, 1.807) is 0 Å². The SMILES string of the molecule is COc1ccc(C2(C)C(=O)Nc3cc(Cl)cc(Cl)c3C2=O)cc1[N+](=O)[O-]. The molecule has 3 rings (SSSR count). The van der Waals surface area contributed by atoms with Crippen LogP contribution in [0.4, 0.5) is 11.4 Å². The van der Waals surface area contributed by atoms with Gasteiger partial charge in [-0.25, -0.2) is 0 Å². The number of nitro benzene ring substituents is 1. The van der Waals surface area contributed by atoms with Crippen LogP contribution in [0.15, 0.2) is 30.3 Å². The van der Waals surface area contributed by atoms with E-state index in [9.17, 15) is 19.7 Å². The Kier molecular flexibility index (Phi) is 4.37. The second-order valence-electron chi connectivity index (χ2n) is 5.86. The van der Waals surface area contributed by atoms with E-state index >= 15 is 0 Å². The number of halogens is 2. The summed E-state index contributed by atoms with van der Waals surface area (Å²) in [6, 6.07) is 6.77. The number of nitrogens with one attached hydrogen (secondary N) is 1. The maximum absolute atomic E-state index is 13.1. The summed E-state index contributed by atoms with van der Waals surface area (Å²) >= 11 is 12.1. The number of hydrogen-bond donors (Lipinski definition) is 1. The predicted octanol–water partition coefficient (Wildman–Crippen LogP) is 4.00. The van der Waals surface area contributed by atoms with Crippen molar-refractivity contribution in [3.63, 3.8) is 0 Å². The molecule has 0 aromatic heterocycles. The minimum Gasteiger partial charge on any atom is -0.490 e. The summed E-state index contributed by atoms with van der Waals surface area (Å²) in [7, 11) is 1.29. The van der Waals surface area contributed by atoms with Crippen LogP contribution in [0.25, 0.3) is 0 Å². The van der Waals surface area contributed by atoms with Crippen LogP contribution >= 0.6 is 23.2 Å². The van der Waals surface area contributed by atoms with Crippen molar-refractivity contribution in [2.24, 2.45) is 0 Å². The molecule has 2 aromatic carbocycles. The number of ether oxygens (including phenoxy) is 1. The van der Waals surface area contributed by atoms with Crippen LogP contribution in [0, 0.1) is 10.1 Å². The van der Waals surface area contributed by atoms with Gasteiger partial charge in [-0.2, -0.15) is 0 Å². The number of benzene rings is 2. The molecule has 1 atom stereocenters. The highest BCUT2D eigenvalue weighted by Gasteiger charge is 2.49. The van der Waals surface area contributed by atoms with Gasteiger partial charge in [0.2, 0.25) is 5.91 Å². The largest absolute Gasteiger partial charge is 0.490 e. The highest BCUT2D eigenvalue weighted by Crippen LogP contribution is 2.42. The van der Waals surface area contributed by atoms with Gasteiger partial charge in [0.05, 0.1) is 28.3 Å². The average Bonchev–Trinajstić information content (AvgIpc) is 2.58. The third kappa shape index (κ3) is 2.60. The van der Waals surface area contributed by atoms with Gasteiger partial charge in [0, 0.05) is 11.1 Å². The molecule has 0 spiro atoms. The van der Waals surface area contributed by atoms with Crippen LogP contribution < -0.4 is 10.1 Å². The number of Topliss-reactive ketones (excluding diaryl/α,β-unsaturated/α-hetero) is 1. The Morgan fingerprint density at radius 3 is 2.50 bits per heavy atom. The molecular formula is C17H12Cl2N2O5. The predicted molar refractivity (Wildman–Crippen MR) is 96.4 cm³/mol. The second-order valence-corrected chi connectivity index (χ2v) is 6.71. The van der Waals surface area contributed by atoms with Crippen molar-refractivity contribution in [2.75, 3.05) is 12.4 Å². The number of ketones is 1. The van der Waals surface area contributed by atoms with E-state index in [4.69, 9.17) is 27.9 Å². The van der Waals surface area contributed by atoms with E-state index in [1.807, 2.05) is 0 Å². The van der Waals surface area contributed by atoms with Crippen LogP contribution in [0.5, 0.6) is 5.75 Å². The van der Waals surface area contributed by atoms with Crippen LogP contribution in [-0.2, 0) is 10.2 Å². The van der Waals surface area contributed by atoms with E-state index in [0.29, 0.717) is 0 Å². The number of rotatable bonds is 3. The number of nitrogens with zero attached hydrogens (tertiary/aromatic N) is 1. The second kappa shape index (κ2) is 6.26. The van der Waals surface area contributed by atoms with Gasteiger partial charge in [0.15, 0.2) is 11.5 Å². The zero-order valence-electron chi connectivity index (χ0n) is 13.6. The van der Waals surface area contributed by atoms with E-state index in [-0.39, 0.29) is 38.3 Å². The number of methoxy groups -OCH3 is 1. The fourth-order valence-corrected chi connectivity index (χ4v) is 3.49. The summed E-state index contributed by atoms with van der Waals surface area (Å²) in [5.41, 5.74) is -1.57. The first-order chi connectivity index (χ1) is 12.2. The summed E-state index contributed by atoms with van der Waals surface area (Å²) in [4.78, 5) is 36.5. The van der Waals surface area contributed by atoms with Gasteiger partial charge < -0.3 is 10.1 Å². The molecule has 0 aliphatic carbocycles. The van der Waals surface area contributed by atoms with Crippen LogP contribution in [-0.4, -0.2) is 23.7 Å². The molecule has 1 heterocycles.